The average molecular weight is 135 g/mol. The van der Waals surface area contributed by atoms with Crippen molar-refractivity contribution in [3.63, 3.8) is 0 Å². The minimum Gasteiger partial charge on any atom is -0.310 e. The topological polar surface area (TPSA) is 12.0 Å². The Hall–Kier alpha value is -0.560. The van der Waals surface area contributed by atoms with Crippen LogP contribution in [0.25, 0.3) is 0 Å². The number of fused-ring (bicyclic) bond motifs is 1. The van der Waals surface area contributed by atoms with E-state index in [1.807, 2.05) is 0 Å². The van der Waals surface area contributed by atoms with Crippen LogP contribution < -0.4 is 5.32 Å². The molecule has 1 aliphatic heterocycles. The number of allylic oxidation sites excluding steroid dienone is 3. The van der Waals surface area contributed by atoms with Crippen LogP contribution in [-0.4, -0.2) is 12.6 Å². The van der Waals surface area contributed by atoms with Crippen LogP contribution in [0.15, 0.2) is 23.8 Å². The van der Waals surface area contributed by atoms with E-state index in [0.29, 0.717) is 6.04 Å². The van der Waals surface area contributed by atoms with Crippen molar-refractivity contribution >= 4 is 0 Å². The minimum atomic E-state index is 0.620. The van der Waals surface area contributed by atoms with Gasteiger partial charge in [0.05, 0.1) is 0 Å². The molecule has 0 aromatic heterocycles. The molecule has 0 spiro atoms. The predicted octanol–water partition coefficient (Wildman–Crippen LogP) is 1.48. The van der Waals surface area contributed by atoms with Gasteiger partial charge in [-0.15, -0.1) is 0 Å². The molecule has 0 bridgehead atoms. The summed E-state index contributed by atoms with van der Waals surface area (Å²) < 4.78 is 0. The van der Waals surface area contributed by atoms with Crippen LogP contribution in [0.3, 0.4) is 0 Å². The van der Waals surface area contributed by atoms with E-state index < -0.39 is 0 Å². The highest BCUT2D eigenvalue weighted by atomic mass is 14.9. The van der Waals surface area contributed by atoms with Crippen molar-refractivity contribution in [2.45, 2.75) is 19.4 Å². The van der Waals surface area contributed by atoms with Gasteiger partial charge in [0.25, 0.3) is 0 Å². The first-order chi connectivity index (χ1) is 4.88. The molecule has 2 aliphatic rings. The summed E-state index contributed by atoms with van der Waals surface area (Å²) in [6.07, 6.45) is 7.94. The standard InChI is InChI=1S/C9H13N/c1-7-9-5-3-2-4-8(9)6-10-7/h2-3,5,7-8,10H,4,6H2,1H3. The Labute approximate surface area is 61.8 Å². The van der Waals surface area contributed by atoms with Crippen LogP contribution >= 0.6 is 0 Å². The molecule has 0 saturated carbocycles. The Balaban J connectivity index is 2.25. The zero-order valence-corrected chi connectivity index (χ0v) is 6.30. The van der Waals surface area contributed by atoms with Crippen molar-refractivity contribution in [1.29, 1.82) is 0 Å². The largest absolute Gasteiger partial charge is 0.310 e. The van der Waals surface area contributed by atoms with E-state index in [1.54, 1.807) is 5.57 Å². The second kappa shape index (κ2) is 2.24. The van der Waals surface area contributed by atoms with Gasteiger partial charge in [-0.25, -0.2) is 0 Å². The second-order valence-electron chi connectivity index (χ2n) is 3.16. The third kappa shape index (κ3) is 0.816. The molecule has 54 valence electrons. The molecule has 1 saturated heterocycles. The molecule has 2 atom stereocenters. The molecular weight excluding hydrogens is 122 g/mol. The highest BCUT2D eigenvalue weighted by molar-refractivity contribution is 5.28. The number of hydrogen-bond donors (Lipinski definition) is 1. The van der Waals surface area contributed by atoms with E-state index >= 15 is 0 Å². The normalized spacial score (nSPS) is 37.5. The summed E-state index contributed by atoms with van der Waals surface area (Å²) in [6.45, 7) is 3.42. The summed E-state index contributed by atoms with van der Waals surface area (Å²) in [5, 5.41) is 3.45. The lowest BCUT2D eigenvalue weighted by Crippen LogP contribution is -2.17. The molecule has 0 aromatic rings. The second-order valence-corrected chi connectivity index (χ2v) is 3.16. The Bertz CT molecular complexity index is 191. The number of rotatable bonds is 0. The average Bonchev–Trinajstić information content (AvgIpc) is 2.34. The van der Waals surface area contributed by atoms with Crippen LogP contribution in [0.2, 0.25) is 0 Å². The number of hydrogen-bond acceptors (Lipinski definition) is 1. The maximum atomic E-state index is 3.45. The molecule has 1 fully saturated rings. The summed E-state index contributed by atoms with van der Waals surface area (Å²) in [5.41, 5.74) is 1.60. The van der Waals surface area contributed by atoms with Gasteiger partial charge in [-0.1, -0.05) is 18.2 Å². The monoisotopic (exact) mass is 135 g/mol. The van der Waals surface area contributed by atoms with E-state index in [0.717, 1.165) is 5.92 Å². The molecule has 1 heterocycles. The summed E-state index contributed by atoms with van der Waals surface area (Å²) in [4.78, 5) is 0. The third-order valence-corrected chi connectivity index (χ3v) is 2.49. The Morgan fingerprint density at radius 2 is 2.50 bits per heavy atom. The van der Waals surface area contributed by atoms with Crippen LogP contribution in [0.5, 0.6) is 0 Å². The molecule has 2 unspecified atom stereocenters. The predicted molar refractivity (Wildman–Crippen MR) is 42.8 cm³/mol. The fourth-order valence-corrected chi connectivity index (χ4v) is 1.83. The maximum absolute atomic E-state index is 3.45. The van der Waals surface area contributed by atoms with Gasteiger partial charge in [-0.3, -0.25) is 0 Å². The van der Waals surface area contributed by atoms with Crippen molar-refractivity contribution in [3.05, 3.63) is 23.8 Å². The van der Waals surface area contributed by atoms with Gasteiger partial charge >= 0.3 is 0 Å². The fourth-order valence-electron chi connectivity index (χ4n) is 1.83. The first-order valence-corrected chi connectivity index (χ1v) is 3.98. The van der Waals surface area contributed by atoms with Crippen LogP contribution in [0.1, 0.15) is 13.3 Å². The molecule has 1 nitrogen and oxygen atoms in total. The van der Waals surface area contributed by atoms with E-state index in [1.165, 1.54) is 13.0 Å². The van der Waals surface area contributed by atoms with Gasteiger partial charge in [0.2, 0.25) is 0 Å². The SMILES string of the molecule is CC1NCC2CC=CC=C21. The van der Waals surface area contributed by atoms with Crippen molar-refractivity contribution < 1.29 is 0 Å². The molecule has 0 radical (unpaired) electrons. The van der Waals surface area contributed by atoms with E-state index in [9.17, 15) is 0 Å². The van der Waals surface area contributed by atoms with Gasteiger partial charge in [-0.2, -0.15) is 0 Å². The van der Waals surface area contributed by atoms with Gasteiger partial charge in [0.1, 0.15) is 0 Å². The van der Waals surface area contributed by atoms with Gasteiger partial charge < -0.3 is 5.32 Å². The lowest BCUT2D eigenvalue weighted by molar-refractivity contribution is 0.651. The number of nitrogens with one attached hydrogen (secondary N) is 1. The summed E-state index contributed by atoms with van der Waals surface area (Å²) in [6, 6.07) is 0.620. The van der Waals surface area contributed by atoms with Crippen molar-refractivity contribution in [1.82, 2.24) is 5.32 Å². The zero-order chi connectivity index (χ0) is 6.97. The first kappa shape index (κ1) is 6.17. The lowest BCUT2D eigenvalue weighted by Gasteiger charge is -2.13. The Morgan fingerprint density at radius 1 is 1.60 bits per heavy atom. The highest BCUT2D eigenvalue weighted by Crippen LogP contribution is 2.27. The van der Waals surface area contributed by atoms with Crippen molar-refractivity contribution in [2.75, 3.05) is 6.54 Å². The quantitative estimate of drug-likeness (QED) is 0.530. The van der Waals surface area contributed by atoms with Gasteiger partial charge in [0.15, 0.2) is 0 Å². The fraction of sp³-hybridized carbons (Fsp3) is 0.556. The summed E-state index contributed by atoms with van der Waals surface area (Å²) >= 11 is 0. The molecule has 1 heteroatoms. The van der Waals surface area contributed by atoms with Gasteiger partial charge in [-0.05, 0) is 24.8 Å². The first-order valence-electron chi connectivity index (χ1n) is 3.98. The van der Waals surface area contributed by atoms with E-state index in [4.69, 9.17) is 0 Å². The molecule has 1 N–H and O–H groups in total. The third-order valence-electron chi connectivity index (χ3n) is 2.49. The molecular formula is C9H13N. The zero-order valence-electron chi connectivity index (χ0n) is 6.30. The Kier molecular flexibility index (Phi) is 1.38. The summed E-state index contributed by atoms with van der Waals surface area (Å²) in [5.74, 6) is 0.806. The Morgan fingerprint density at radius 3 is 3.30 bits per heavy atom. The van der Waals surface area contributed by atoms with Crippen molar-refractivity contribution in [3.8, 4) is 0 Å². The lowest BCUT2D eigenvalue weighted by atomic mass is 9.92. The minimum absolute atomic E-state index is 0.620. The van der Waals surface area contributed by atoms with Crippen LogP contribution in [0.4, 0.5) is 0 Å². The highest BCUT2D eigenvalue weighted by Gasteiger charge is 2.25. The maximum Gasteiger partial charge on any atom is 0.0257 e. The molecule has 2 rings (SSSR count). The molecule has 10 heavy (non-hydrogen) atoms. The smallest absolute Gasteiger partial charge is 0.0257 e. The van der Waals surface area contributed by atoms with E-state index in [-0.39, 0.29) is 0 Å². The van der Waals surface area contributed by atoms with Crippen LogP contribution in [-0.2, 0) is 0 Å². The molecule has 1 aliphatic carbocycles. The molecule has 0 amide bonds. The van der Waals surface area contributed by atoms with Crippen LogP contribution in [0, 0.1) is 5.92 Å². The van der Waals surface area contributed by atoms with E-state index in [2.05, 4.69) is 30.5 Å². The van der Waals surface area contributed by atoms with Gasteiger partial charge in [0, 0.05) is 12.6 Å². The molecule has 0 aromatic carbocycles. The van der Waals surface area contributed by atoms with Crippen molar-refractivity contribution in [2.24, 2.45) is 5.92 Å². The summed E-state index contributed by atoms with van der Waals surface area (Å²) in [7, 11) is 0.